The monoisotopic (exact) mass is 494 g/mol. The van der Waals surface area contributed by atoms with Gasteiger partial charge in [0.1, 0.15) is 22.4 Å². The van der Waals surface area contributed by atoms with E-state index in [0.29, 0.717) is 28.9 Å². The second kappa shape index (κ2) is 10.2. The van der Waals surface area contributed by atoms with Gasteiger partial charge >= 0.3 is 0 Å². The zero-order chi connectivity index (χ0) is 23.5. The lowest BCUT2D eigenvalue weighted by molar-refractivity contribution is -0.123. The molecule has 0 saturated carbocycles. The van der Waals surface area contributed by atoms with Crippen LogP contribution >= 0.6 is 24.0 Å². The summed E-state index contributed by atoms with van der Waals surface area (Å²) in [6.07, 6.45) is 6.13. The Balaban J connectivity index is 1.32. The number of carbonyl (C=O) groups excluding carboxylic acids is 1. The van der Waals surface area contributed by atoms with Crippen molar-refractivity contribution in [3.63, 3.8) is 0 Å². The molecule has 0 spiro atoms. The lowest BCUT2D eigenvalue weighted by Gasteiger charge is -2.18. The molecule has 0 bridgehead atoms. The summed E-state index contributed by atoms with van der Waals surface area (Å²) in [6.45, 7) is 2.50. The number of amides is 1. The van der Waals surface area contributed by atoms with E-state index in [9.17, 15) is 4.79 Å². The van der Waals surface area contributed by atoms with Gasteiger partial charge in [0.15, 0.2) is 0 Å². The van der Waals surface area contributed by atoms with Gasteiger partial charge in [0, 0.05) is 29.3 Å². The molecule has 2 aromatic carbocycles. The van der Waals surface area contributed by atoms with Crippen molar-refractivity contribution in [3.05, 3.63) is 65.2 Å². The topological polar surface area (TPSA) is 52.9 Å². The number of aromatic nitrogens is 1. The summed E-state index contributed by atoms with van der Waals surface area (Å²) in [5.74, 6) is 1.56. The maximum absolute atomic E-state index is 13.1. The van der Waals surface area contributed by atoms with E-state index in [4.69, 9.17) is 26.4 Å². The Kier molecular flexibility index (Phi) is 6.89. The Bertz CT molecular complexity index is 1230. The second-order valence-electron chi connectivity index (χ2n) is 8.25. The van der Waals surface area contributed by atoms with E-state index >= 15 is 0 Å². The van der Waals surface area contributed by atoms with Gasteiger partial charge in [0.05, 0.1) is 31.2 Å². The van der Waals surface area contributed by atoms with E-state index in [0.717, 1.165) is 47.4 Å². The highest BCUT2D eigenvalue weighted by Crippen LogP contribution is 2.35. The van der Waals surface area contributed by atoms with Crippen LogP contribution in [-0.2, 0) is 16.1 Å². The summed E-state index contributed by atoms with van der Waals surface area (Å²) < 4.78 is 19.6. The summed E-state index contributed by atoms with van der Waals surface area (Å²) in [7, 11) is 1.65. The number of nitrogens with zero attached hydrogens (tertiary/aromatic N) is 2. The average Bonchev–Trinajstić information content (AvgIpc) is 3.56. The van der Waals surface area contributed by atoms with Gasteiger partial charge in [-0.2, -0.15) is 0 Å². The smallest absolute Gasteiger partial charge is 0.266 e. The molecule has 0 unspecified atom stereocenters. The van der Waals surface area contributed by atoms with Crippen LogP contribution in [0.3, 0.4) is 0 Å². The second-order valence-corrected chi connectivity index (χ2v) is 9.92. The van der Waals surface area contributed by atoms with Gasteiger partial charge in [-0.05, 0) is 49.2 Å². The highest BCUT2D eigenvalue weighted by molar-refractivity contribution is 8.26. The van der Waals surface area contributed by atoms with E-state index in [2.05, 4.69) is 22.9 Å². The lowest BCUT2D eigenvalue weighted by atomic mass is 10.1. The Morgan fingerprint density at radius 2 is 1.97 bits per heavy atom. The molecular formula is C26H26N2O4S2. The van der Waals surface area contributed by atoms with Crippen LogP contribution in [0.4, 0.5) is 0 Å². The van der Waals surface area contributed by atoms with Gasteiger partial charge in [-0.1, -0.05) is 42.2 Å². The van der Waals surface area contributed by atoms with E-state index in [1.54, 1.807) is 12.0 Å². The number of fused-ring (bicyclic) bond motifs is 1. The highest BCUT2D eigenvalue weighted by atomic mass is 32.2. The molecule has 0 N–H and O–H groups in total. The SMILES string of the molecule is COc1ccc(OCCn2cc(/C=C3\SC(=S)N(C[C@@H]4CCCO4)C3=O)c3ccccc32)cc1. The summed E-state index contributed by atoms with van der Waals surface area (Å²) in [5.41, 5.74) is 2.10. The van der Waals surface area contributed by atoms with Crippen molar-refractivity contribution in [2.24, 2.45) is 0 Å². The van der Waals surface area contributed by atoms with E-state index in [1.165, 1.54) is 11.8 Å². The van der Waals surface area contributed by atoms with Gasteiger partial charge in [-0.25, -0.2) is 0 Å². The first-order valence-corrected chi connectivity index (χ1v) is 12.6. The van der Waals surface area contributed by atoms with Crippen molar-refractivity contribution in [3.8, 4) is 11.5 Å². The van der Waals surface area contributed by atoms with Gasteiger partial charge < -0.3 is 18.8 Å². The van der Waals surface area contributed by atoms with Crippen LogP contribution in [0.1, 0.15) is 18.4 Å². The van der Waals surface area contributed by atoms with E-state index < -0.39 is 0 Å². The van der Waals surface area contributed by atoms with Gasteiger partial charge in [0.25, 0.3) is 5.91 Å². The number of rotatable bonds is 8. The molecule has 2 aliphatic rings. The maximum Gasteiger partial charge on any atom is 0.266 e. The molecule has 2 fully saturated rings. The quantitative estimate of drug-likeness (QED) is 0.321. The Labute approximate surface area is 208 Å². The zero-order valence-electron chi connectivity index (χ0n) is 18.9. The van der Waals surface area contributed by atoms with Crippen molar-refractivity contribution >= 4 is 51.2 Å². The van der Waals surface area contributed by atoms with E-state index in [-0.39, 0.29) is 12.0 Å². The molecule has 6 nitrogen and oxygen atoms in total. The predicted molar refractivity (Wildman–Crippen MR) is 139 cm³/mol. The molecule has 1 aromatic heterocycles. The molecule has 2 aliphatic heterocycles. The minimum atomic E-state index is -0.0369. The summed E-state index contributed by atoms with van der Waals surface area (Å²) >= 11 is 6.87. The van der Waals surface area contributed by atoms with Crippen molar-refractivity contribution in [2.45, 2.75) is 25.5 Å². The van der Waals surface area contributed by atoms with Crippen LogP contribution in [0, 0.1) is 0 Å². The first kappa shape index (κ1) is 23.0. The first-order chi connectivity index (χ1) is 16.6. The highest BCUT2D eigenvalue weighted by Gasteiger charge is 2.34. The molecule has 8 heteroatoms. The minimum absolute atomic E-state index is 0.0369. The van der Waals surface area contributed by atoms with Crippen LogP contribution in [0.15, 0.2) is 59.6 Å². The standard InChI is InChI=1S/C26H26N2O4S2/c1-30-19-8-10-20(11-9-19)32-14-12-27-16-18(22-6-2-3-7-23(22)27)15-24-25(29)28(26(33)34-24)17-21-5-4-13-31-21/h2-3,6-11,15-16,21H,4-5,12-14,17H2,1H3/b24-15-/t21-/m0/s1. The minimum Gasteiger partial charge on any atom is -0.497 e. The molecule has 3 aromatic rings. The number of hydrogen-bond acceptors (Lipinski definition) is 6. The average molecular weight is 495 g/mol. The number of benzene rings is 2. The van der Waals surface area contributed by atoms with Crippen molar-refractivity contribution in [1.29, 1.82) is 0 Å². The Morgan fingerprint density at radius 3 is 2.74 bits per heavy atom. The third kappa shape index (κ3) is 4.85. The number of methoxy groups -OCH3 is 1. The third-order valence-corrected chi connectivity index (χ3v) is 7.43. The molecule has 0 radical (unpaired) electrons. The normalized spacial score (nSPS) is 19.5. The molecule has 5 rings (SSSR count). The van der Waals surface area contributed by atoms with Crippen LogP contribution in [-0.4, -0.2) is 52.7 Å². The van der Waals surface area contributed by atoms with Gasteiger partial charge in [-0.15, -0.1) is 0 Å². The summed E-state index contributed by atoms with van der Waals surface area (Å²) in [4.78, 5) is 15.4. The molecule has 1 amide bonds. The van der Waals surface area contributed by atoms with Gasteiger partial charge in [-0.3, -0.25) is 9.69 Å². The Hall–Kier alpha value is -2.81. The lowest BCUT2D eigenvalue weighted by Crippen LogP contribution is -2.35. The predicted octanol–water partition coefficient (Wildman–Crippen LogP) is 5.11. The Morgan fingerprint density at radius 1 is 1.18 bits per heavy atom. The number of hydrogen-bond donors (Lipinski definition) is 0. The maximum atomic E-state index is 13.1. The number of ether oxygens (including phenoxy) is 3. The zero-order valence-corrected chi connectivity index (χ0v) is 20.6. The van der Waals surface area contributed by atoms with Gasteiger partial charge in [0.2, 0.25) is 0 Å². The molecule has 2 saturated heterocycles. The third-order valence-electron chi connectivity index (χ3n) is 6.05. The molecule has 0 aliphatic carbocycles. The fraction of sp³-hybridized carbons (Fsp3) is 0.308. The first-order valence-electron chi connectivity index (χ1n) is 11.3. The number of para-hydroxylation sites is 1. The van der Waals surface area contributed by atoms with Crippen molar-refractivity contribution < 1.29 is 19.0 Å². The largest absolute Gasteiger partial charge is 0.497 e. The molecule has 176 valence electrons. The fourth-order valence-corrected chi connectivity index (χ4v) is 5.57. The number of carbonyl (C=O) groups is 1. The number of thiocarbonyl (C=S) groups is 1. The van der Waals surface area contributed by atoms with Crippen LogP contribution in [0.5, 0.6) is 11.5 Å². The molecule has 1 atom stereocenters. The van der Waals surface area contributed by atoms with Crippen LogP contribution < -0.4 is 9.47 Å². The fourth-order valence-electron chi connectivity index (χ4n) is 4.30. The van der Waals surface area contributed by atoms with Crippen LogP contribution in [0.25, 0.3) is 17.0 Å². The molecule has 34 heavy (non-hydrogen) atoms. The number of thioether (sulfide) groups is 1. The van der Waals surface area contributed by atoms with Crippen molar-refractivity contribution in [1.82, 2.24) is 9.47 Å². The van der Waals surface area contributed by atoms with Crippen LogP contribution in [0.2, 0.25) is 0 Å². The summed E-state index contributed by atoms with van der Waals surface area (Å²) in [6, 6.07) is 15.8. The van der Waals surface area contributed by atoms with E-state index in [1.807, 2.05) is 42.5 Å². The molecular weight excluding hydrogens is 468 g/mol. The summed E-state index contributed by atoms with van der Waals surface area (Å²) in [5, 5.41) is 1.09. The van der Waals surface area contributed by atoms with Crippen molar-refractivity contribution in [2.75, 3.05) is 26.9 Å². The molecule has 3 heterocycles.